The Hall–Kier alpha value is -0.860. The summed E-state index contributed by atoms with van der Waals surface area (Å²) < 4.78 is 0. The fraction of sp³-hybridized carbons (Fsp3) is 0.684. The van der Waals surface area contributed by atoms with Gasteiger partial charge in [-0.3, -0.25) is 4.90 Å². The predicted molar refractivity (Wildman–Crippen MR) is 91.8 cm³/mol. The average Bonchev–Trinajstić information content (AvgIpc) is 2.50. The van der Waals surface area contributed by atoms with Gasteiger partial charge in [-0.25, -0.2) is 0 Å². The summed E-state index contributed by atoms with van der Waals surface area (Å²) >= 11 is 0. The maximum Gasteiger partial charge on any atom is 0.0177 e. The number of likely N-dealkylation sites (tertiary alicyclic amines) is 1. The minimum atomic E-state index is 0.183. The summed E-state index contributed by atoms with van der Waals surface area (Å²) in [7, 11) is 0. The molecule has 0 aliphatic carbocycles. The second-order valence-electron chi connectivity index (χ2n) is 7.17. The van der Waals surface area contributed by atoms with Crippen LogP contribution < -0.4 is 5.32 Å². The molecule has 3 atom stereocenters. The van der Waals surface area contributed by atoms with Gasteiger partial charge in [-0.2, -0.15) is 0 Å². The highest BCUT2D eigenvalue weighted by atomic mass is 15.2. The Kier molecular flexibility index (Phi) is 5.83. The summed E-state index contributed by atoms with van der Waals surface area (Å²) in [5, 5.41) is 3.58. The minimum Gasteiger partial charge on any atom is -0.316 e. The first kappa shape index (κ1) is 16.5. The molecule has 1 aliphatic rings. The van der Waals surface area contributed by atoms with E-state index in [1.165, 1.54) is 24.9 Å². The summed E-state index contributed by atoms with van der Waals surface area (Å²) in [4.78, 5) is 2.71. The first-order valence-corrected chi connectivity index (χ1v) is 8.55. The molecule has 0 amide bonds. The lowest BCUT2D eigenvalue weighted by atomic mass is 9.80. The van der Waals surface area contributed by atoms with Gasteiger partial charge in [0.05, 0.1) is 0 Å². The number of nitrogens with one attached hydrogen (secondary N) is 1. The number of piperidine rings is 1. The van der Waals surface area contributed by atoms with Crippen LogP contribution in [0, 0.1) is 5.92 Å². The van der Waals surface area contributed by atoms with Gasteiger partial charge in [0.2, 0.25) is 0 Å². The highest BCUT2D eigenvalue weighted by Crippen LogP contribution is 2.29. The third-order valence-corrected chi connectivity index (χ3v) is 5.03. The Balaban J connectivity index is 2.15. The zero-order valence-corrected chi connectivity index (χ0v) is 14.2. The van der Waals surface area contributed by atoms with E-state index in [0.717, 1.165) is 25.6 Å². The molecule has 2 rings (SSSR count). The Labute approximate surface area is 130 Å². The number of hydrogen-bond donors (Lipinski definition) is 1. The van der Waals surface area contributed by atoms with Crippen molar-refractivity contribution in [3.05, 3.63) is 35.9 Å². The van der Waals surface area contributed by atoms with E-state index in [9.17, 15) is 0 Å². The van der Waals surface area contributed by atoms with E-state index in [-0.39, 0.29) is 5.41 Å². The third-order valence-electron chi connectivity index (χ3n) is 5.03. The fourth-order valence-electron chi connectivity index (χ4n) is 3.54. The van der Waals surface area contributed by atoms with Crippen molar-refractivity contribution < 1.29 is 0 Å². The zero-order chi connectivity index (χ0) is 15.3. The molecule has 3 unspecified atom stereocenters. The van der Waals surface area contributed by atoms with E-state index in [2.05, 4.69) is 68.2 Å². The van der Waals surface area contributed by atoms with E-state index in [4.69, 9.17) is 0 Å². The van der Waals surface area contributed by atoms with Crippen LogP contribution in [0.1, 0.15) is 46.1 Å². The molecule has 1 aliphatic heterocycles. The Bertz CT molecular complexity index is 417. The summed E-state index contributed by atoms with van der Waals surface area (Å²) in [5.41, 5.74) is 1.64. The molecule has 0 aromatic heterocycles. The largest absolute Gasteiger partial charge is 0.316 e. The van der Waals surface area contributed by atoms with Gasteiger partial charge in [-0.15, -0.1) is 0 Å². The van der Waals surface area contributed by atoms with Gasteiger partial charge in [0.15, 0.2) is 0 Å². The Morgan fingerprint density at radius 2 is 1.90 bits per heavy atom. The molecule has 2 heteroatoms. The third kappa shape index (κ3) is 4.31. The smallest absolute Gasteiger partial charge is 0.0177 e. The van der Waals surface area contributed by atoms with Crippen molar-refractivity contribution in [1.29, 1.82) is 0 Å². The van der Waals surface area contributed by atoms with E-state index in [1.54, 1.807) is 0 Å². The average molecular weight is 288 g/mol. The van der Waals surface area contributed by atoms with Gasteiger partial charge < -0.3 is 5.32 Å². The van der Waals surface area contributed by atoms with E-state index in [0.29, 0.717) is 6.04 Å². The number of rotatable bonds is 6. The lowest BCUT2D eigenvalue weighted by molar-refractivity contribution is 0.0974. The molecule has 0 spiro atoms. The standard InChI is InChI=1S/C19H32N2/c1-5-20-14-19(4,18-9-7-6-8-10-18)15-21-13-16(2)11-12-17(21)3/h6-10,16-17,20H,5,11-15H2,1-4H3. The summed E-state index contributed by atoms with van der Waals surface area (Å²) in [6.07, 6.45) is 2.72. The monoisotopic (exact) mass is 288 g/mol. The zero-order valence-electron chi connectivity index (χ0n) is 14.2. The molecule has 1 aromatic rings. The molecular weight excluding hydrogens is 256 g/mol. The van der Waals surface area contributed by atoms with Crippen molar-refractivity contribution in [3.63, 3.8) is 0 Å². The van der Waals surface area contributed by atoms with E-state index in [1.807, 2.05) is 0 Å². The molecule has 0 bridgehead atoms. The van der Waals surface area contributed by atoms with Gasteiger partial charge >= 0.3 is 0 Å². The van der Waals surface area contributed by atoms with E-state index >= 15 is 0 Å². The Morgan fingerprint density at radius 3 is 2.57 bits per heavy atom. The molecule has 1 fully saturated rings. The van der Waals surface area contributed by atoms with Gasteiger partial charge in [0, 0.05) is 31.1 Å². The number of likely N-dealkylation sites (N-methyl/N-ethyl adjacent to an activating group) is 1. The van der Waals surface area contributed by atoms with E-state index < -0.39 is 0 Å². The number of benzene rings is 1. The van der Waals surface area contributed by atoms with Crippen LogP contribution in [0.15, 0.2) is 30.3 Å². The fourth-order valence-corrected chi connectivity index (χ4v) is 3.54. The van der Waals surface area contributed by atoms with Crippen LogP contribution in [-0.4, -0.2) is 37.1 Å². The maximum atomic E-state index is 3.58. The van der Waals surface area contributed by atoms with Crippen molar-refractivity contribution in [3.8, 4) is 0 Å². The molecule has 2 nitrogen and oxygen atoms in total. The quantitative estimate of drug-likeness (QED) is 0.859. The molecule has 1 saturated heterocycles. The summed E-state index contributed by atoms with van der Waals surface area (Å²) in [5.74, 6) is 0.834. The van der Waals surface area contributed by atoms with Crippen LogP contribution >= 0.6 is 0 Å². The van der Waals surface area contributed by atoms with Crippen LogP contribution in [0.4, 0.5) is 0 Å². The second kappa shape index (κ2) is 7.42. The van der Waals surface area contributed by atoms with Crippen molar-refractivity contribution in [1.82, 2.24) is 10.2 Å². The highest BCUT2D eigenvalue weighted by Gasteiger charge is 2.32. The molecule has 118 valence electrons. The molecule has 1 N–H and O–H groups in total. The first-order valence-electron chi connectivity index (χ1n) is 8.55. The maximum absolute atomic E-state index is 3.58. The van der Waals surface area contributed by atoms with Crippen LogP contribution in [-0.2, 0) is 5.41 Å². The van der Waals surface area contributed by atoms with Gasteiger partial charge in [0.1, 0.15) is 0 Å². The van der Waals surface area contributed by atoms with Crippen molar-refractivity contribution in [2.45, 2.75) is 52.0 Å². The lowest BCUT2D eigenvalue weighted by Gasteiger charge is -2.43. The lowest BCUT2D eigenvalue weighted by Crippen LogP contribution is -2.51. The number of nitrogens with zero attached hydrogens (tertiary/aromatic N) is 1. The van der Waals surface area contributed by atoms with Crippen LogP contribution in [0.25, 0.3) is 0 Å². The van der Waals surface area contributed by atoms with Crippen LogP contribution in [0.5, 0.6) is 0 Å². The van der Waals surface area contributed by atoms with Crippen molar-refractivity contribution in [2.75, 3.05) is 26.2 Å². The minimum absolute atomic E-state index is 0.183. The van der Waals surface area contributed by atoms with Gasteiger partial charge in [-0.05, 0) is 37.8 Å². The molecular formula is C19H32N2. The Morgan fingerprint density at radius 1 is 1.19 bits per heavy atom. The topological polar surface area (TPSA) is 15.3 Å². The van der Waals surface area contributed by atoms with Gasteiger partial charge in [0.25, 0.3) is 0 Å². The molecule has 0 radical (unpaired) electrons. The van der Waals surface area contributed by atoms with Gasteiger partial charge in [-0.1, -0.05) is 51.1 Å². The highest BCUT2D eigenvalue weighted by molar-refractivity contribution is 5.26. The van der Waals surface area contributed by atoms with Crippen molar-refractivity contribution >= 4 is 0 Å². The first-order chi connectivity index (χ1) is 10.0. The number of hydrogen-bond acceptors (Lipinski definition) is 2. The summed E-state index contributed by atoms with van der Waals surface area (Å²) in [6, 6.07) is 11.7. The van der Waals surface area contributed by atoms with Crippen LogP contribution in [0.2, 0.25) is 0 Å². The SMILES string of the molecule is CCNCC(C)(CN1CC(C)CCC1C)c1ccccc1. The molecule has 1 aromatic carbocycles. The normalized spacial score (nSPS) is 26.5. The van der Waals surface area contributed by atoms with Crippen molar-refractivity contribution in [2.24, 2.45) is 5.92 Å². The van der Waals surface area contributed by atoms with Crippen LogP contribution in [0.3, 0.4) is 0 Å². The molecule has 21 heavy (non-hydrogen) atoms. The summed E-state index contributed by atoms with van der Waals surface area (Å²) in [6.45, 7) is 13.9. The second-order valence-corrected chi connectivity index (χ2v) is 7.17. The molecule has 1 heterocycles. The predicted octanol–water partition coefficient (Wildman–Crippen LogP) is 3.67. The molecule has 0 saturated carbocycles.